The summed E-state index contributed by atoms with van der Waals surface area (Å²) in [6, 6.07) is 80.8. The molecule has 13 rings (SSSR count). The van der Waals surface area contributed by atoms with Crippen molar-refractivity contribution in [2.75, 3.05) is 0 Å². The van der Waals surface area contributed by atoms with Crippen LogP contribution in [0.3, 0.4) is 0 Å². The van der Waals surface area contributed by atoms with Gasteiger partial charge in [-0.1, -0.05) is 182 Å². The first-order valence-electron chi connectivity index (χ1n) is 21.0. The normalized spacial score (nSPS) is 13.4. The van der Waals surface area contributed by atoms with Gasteiger partial charge in [0.25, 0.3) is 0 Å². The Hall–Kier alpha value is -7.39. The Morgan fingerprint density at radius 2 is 0.836 bits per heavy atom. The van der Waals surface area contributed by atoms with Gasteiger partial charge >= 0.3 is 0 Å². The van der Waals surface area contributed by atoms with Gasteiger partial charge < -0.3 is 4.74 Å². The molecule has 0 fully saturated rings. The van der Waals surface area contributed by atoms with Gasteiger partial charge in [-0.3, -0.25) is 0 Å². The average Bonchev–Trinajstić information content (AvgIpc) is 3.63. The third kappa shape index (κ3) is 5.03. The van der Waals surface area contributed by atoms with Gasteiger partial charge in [-0.15, -0.1) is 0 Å². The molecule has 0 unspecified atom stereocenters. The first kappa shape index (κ1) is 34.5. The van der Waals surface area contributed by atoms with Crippen molar-refractivity contribution in [2.24, 2.45) is 0 Å². The molecule has 11 aromatic rings. The number of ether oxygens (including phenoxy) is 1. The van der Waals surface area contributed by atoms with E-state index >= 15 is 0 Å². The van der Waals surface area contributed by atoms with Crippen LogP contribution in [0, 0.1) is 0 Å². The molecule has 1 heterocycles. The third-order valence-corrected chi connectivity index (χ3v) is 14.3. The van der Waals surface area contributed by atoms with E-state index in [9.17, 15) is 0 Å². The molecule has 0 radical (unpaired) electrons. The van der Waals surface area contributed by atoms with Gasteiger partial charge in [-0.2, -0.15) is 0 Å². The molecule has 11 aromatic carbocycles. The van der Waals surface area contributed by atoms with Gasteiger partial charge in [0.05, 0.1) is 15.2 Å². The highest BCUT2D eigenvalue weighted by atomic mass is 32.2. The van der Waals surface area contributed by atoms with Crippen molar-refractivity contribution in [3.8, 4) is 44.9 Å². The Bertz CT molecular complexity index is 3440. The number of para-hydroxylation sites is 1. The number of hydrogen-bond acceptors (Lipinski definition) is 2. The molecule has 0 atom stereocenters. The van der Waals surface area contributed by atoms with Gasteiger partial charge in [0.2, 0.25) is 0 Å². The maximum atomic E-state index is 6.68. The van der Waals surface area contributed by atoms with E-state index in [1.165, 1.54) is 104 Å². The predicted octanol–water partition coefficient (Wildman–Crippen LogP) is 16.3. The van der Waals surface area contributed by atoms with Crippen LogP contribution >= 0.6 is 11.8 Å². The largest absolute Gasteiger partial charge is 0.455 e. The summed E-state index contributed by atoms with van der Waals surface area (Å²) in [4.78, 5) is 2.30. The van der Waals surface area contributed by atoms with Crippen molar-refractivity contribution in [3.63, 3.8) is 0 Å². The molecule has 0 aromatic heterocycles. The molecular weight excluding hydrogens is 757 g/mol. The zero-order valence-corrected chi connectivity index (χ0v) is 33.9. The summed E-state index contributed by atoms with van der Waals surface area (Å²) in [6.45, 7) is 0. The predicted molar refractivity (Wildman–Crippen MR) is 255 cm³/mol. The van der Waals surface area contributed by atoms with E-state index in [-0.39, 0.29) is 0 Å². The fourth-order valence-electron chi connectivity index (χ4n) is 10.5. The molecule has 1 nitrogen and oxygen atoms in total. The second-order valence-corrected chi connectivity index (χ2v) is 17.4. The van der Waals surface area contributed by atoms with Crippen molar-refractivity contribution in [1.29, 1.82) is 0 Å². The van der Waals surface area contributed by atoms with Gasteiger partial charge in [0.1, 0.15) is 11.5 Å². The highest BCUT2D eigenvalue weighted by molar-refractivity contribution is 7.99. The molecule has 61 heavy (non-hydrogen) atoms. The molecule has 284 valence electrons. The standard InChI is InChI=1S/C59H36OS/c1-4-16-37(17-5-1)55-46-32-38-18-10-12-20-40(38)34-48(46)56(49-35-41-21-13-11-19-39(41)33-47(49)55)42-28-29-45-51(36-42)59(43-22-6-2-7-23-43,44-24-8-3-9-25-44)50-30-31-53-58(57(45)50)61-54-27-15-14-26-52(54)60-53/h1-36H. The van der Waals surface area contributed by atoms with Crippen LogP contribution in [0.4, 0.5) is 0 Å². The smallest absolute Gasteiger partial charge is 0.142 e. The Balaban J connectivity index is 1.18. The number of benzene rings is 11. The summed E-state index contributed by atoms with van der Waals surface area (Å²) in [5.41, 5.74) is 11.9. The molecule has 0 saturated heterocycles. The van der Waals surface area contributed by atoms with Crippen LogP contribution in [0.15, 0.2) is 228 Å². The van der Waals surface area contributed by atoms with Crippen molar-refractivity contribution < 1.29 is 4.74 Å². The van der Waals surface area contributed by atoms with Crippen LogP contribution in [0.25, 0.3) is 76.5 Å². The van der Waals surface area contributed by atoms with Crippen LogP contribution < -0.4 is 4.74 Å². The van der Waals surface area contributed by atoms with Crippen molar-refractivity contribution >= 4 is 54.9 Å². The lowest BCUT2D eigenvalue weighted by molar-refractivity contribution is 0.454. The highest BCUT2D eigenvalue weighted by Gasteiger charge is 2.48. The molecule has 0 amide bonds. The Kier molecular flexibility index (Phi) is 7.52. The molecule has 0 spiro atoms. The van der Waals surface area contributed by atoms with Gasteiger partial charge in [0.15, 0.2) is 0 Å². The first-order valence-corrected chi connectivity index (χ1v) is 21.8. The SMILES string of the molecule is c1ccc(-c2c3cc4ccccc4cc3c(-c3ccc4c(c3)C(c3ccccc3)(c3ccccc3)c3ccc5c(c3-4)Sc3ccccc3O5)c3cc4ccccc4cc23)cc1. The number of rotatable bonds is 4. The number of fused-ring (bicyclic) bond motifs is 10. The second kappa shape index (κ2) is 13.3. The summed E-state index contributed by atoms with van der Waals surface area (Å²) in [7, 11) is 0. The second-order valence-electron chi connectivity index (χ2n) is 16.3. The molecule has 0 N–H and O–H groups in total. The Labute approximate surface area is 358 Å². The average molecular weight is 793 g/mol. The summed E-state index contributed by atoms with van der Waals surface area (Å²) in [5, 5.41) is 9.95. The summed E-state index contributed by atoms with van der Waals surface area (Å²) in [6.07, 6.45) is 0. The lowest BCUT2D eigenvalue weighted by atomic mass is 9.67. The van der Waals surface area contributed by atoms with Crippen molar-refractivity contribution in [1.82, 2.24) is 0 Å². The Morgan fingerprint density at radius 1 is 0.344 bits per heavy atom. The van der Waals surface area contributed by atoms with Crippen LogP contribution in [-0.4, -0.2) is 0 Å². The molecule has 0 bridgehead atoms. The van der Waals surface area contributed by atoms with Crippen molar-refractivity contribution in [2.45, 2.75) is 15.2 Å². The zero-order chi connectivity index (χ0) is 40.1. The van der Waals surface area contributed by atoms with Gasteiger partial charge in [-0.05, 0) is 142 Å². The highest BCUT2D eigenvalue weighted by Crippen LogP contribution is 2.63. The topological polar surface area (TPSA) is 9.23 Å². The molecular formula is C59H36OS. The maximum absolute atomic E-state index is 6.68. The van der Waals surface area contributed by atoms with E-state index in [0.29, 0.717) is 0 Å². The van der Waals surface area contributed by atoms with Crippen LogP contribution in [0.1, 0.15) is 22.3 Å². The lowest BCUT2D eigenvalue weighted by Gasteiger charge is -2.34. The summed E-state index contributed by atoms with van der Waals surface area (Å²) in [5.74, 6) is 1.81. The molecule has 2 aliphatic rings. The first-order chi connectivity index (χ1) is 30.2. The van der Waals surface area contributed by atoms with Gasteiger partial charge in [0, 0.05) is 5.56 Å². The fourth-order valence-corrected chi connectivity index (χ4v) is 11.6. The maximum Gasteiger partial charge on any atom is 0.142 e. The monoisotopic (exact) mass is 792 g/mol. The molecule has 0 saturated carbocycles. The van der Waals surface area contributed by atoms with E-state index in [2.05, 4.69) is 218 Å². The number of hydrogen-bond donors (Lipinski definition) is 0. The fraction of sp³-hybridized carbons (Fsp3) is 0.0169. The molecule has 1 aliphatic heterocycles. The minimum atomic E-state index is -0.593. The summed E-state index contributed by atoms with van der Waals surface area (Å²) < 4.78 is 6.68. The van der Waals surface area contributed by atoms with Crippen LogP contribution in [0.2, 0.25) is 0 Å². The van der Waals surface area contributed by atoms with E-state index in [1.54, 1.807) is 0 Å². The van der Waals surface area contributed by atoms with Gasteiger partial charge in [-0.25, -0.2) is 0 Å². The minimum Gasteiger partial charge on any atom is -0.455 e. The van der Waals surface area contributed by atoms with E-state index < -0.39 is 5.41 Å². The van der Waals surface area contributed by atoms with Crippen LogP contribution in [0.5, 0.6) is 11.5 Å². The van der Waals surface area contributed by atoms with Crippen molar-refractivity contribution in [3.05, 3.63) is 241 Å². The zero-order valence-electron chi connectivity index (χ0n) is 33.1. The van der Waals surface area contributed by atoms with E-state index in [4.69, 9.17) is 4.74 Å². The van der Waals surface area contributed by atoms with E-state index in [0.717, 1.165) is 16.4 Å². The minimum absolute atomic E-state index is 0.593. The van der Waals surface area contributed by atoms with E-state index in [1.807, 2.05) is 11.8 Å². The quantitative estimate of drug-likeness (QED) is 0.164. The lowest BCUT2D eigenvalue weighted by Crippen LogP contribution is -2.28. The molecule has 2 heteroatoms. The third-order valence-electron chi connectivity index (χ3n) is 13.1. The molecule has 1 aliphatic carbocycles. The summed E-state index contributed by atoms with van der Waals surface area (Å²) >= 11 is 1.82. The Morgan fingerprint density at radius 3 is 1.41 bits per heavy atom. The van der Waals surface area contributed by atoms with Crippen LogP contribution in [-0.2, 0) is 5.41 Å².